The second-order valence-electron chi connectivity index (χ2n) is 5.13. The van der Waals surface area contributed by atoms with Crippen molar-refractivity contribution in [3.05, 3.63) is 35.1 Å². The Hall–Kier alpha value is -1.91. The molecule has 0 aliphatic carbocycles. The van der Waals surface area contributed by atoms with Gasteiger partial charge in [-0.25, -0.2) is 17.1 Å². The Morgan fingerprint density at radius 3 is 2.62 bits per heavy atom. The van der Waals surface area contributed by atoms with Crippen LogP contribution < -0.4 is 5.73 Å². The number of nitrogens with two attached hydrogens (primary N) is 1. The van der Waals surface area contributed by atoms with Gasteiger partial charge in [0.05, 0.1) is 13.1 Å². The zero-order chi connectivity index (χ0) is 15.8. The quantitative estimate of drug-likeness (QED) is 0.811. The average molecular weight is 310 g/mol. The third-order valence-electron chi connectivity index (χ3n) is 3.39. The Labute approximate surface area is 123 Å². The minimum Gasteiger partial charge on any atom is -0.320 e. The molecule has 5 nitrogen and oxygen atoms in total. The van der Waals surface area contributed by atoms with Gasteiger partial charge in [-0.1, -0.05) is 17.9 Å². The summed E-state index contributed by atoms with van der Waals surface area (Å²) >= 11 is 0. The van der Waals surface area contributed by atoms with Crippen molar-refractivity contribution in [3.8, 4) is 11.8 Å². The zero-order valence-corrected chi connectivity index (χ0v) is 12.5. The fourth-order valence-electron chi connectivity index (χ4n) is 2.02. The molecule has 2 rings (SSSR count). The van der Waals surface area contributed by atoms with Gasteiger partial charge in [0.15, 0.2) is 4.75 Å². The highest BCUT2D eigenvalue weighted by Crippen LogP contribution is 2.36. The van der Waals surface area contributed by atoms with Crippen LogP contribution in [0, 0.1) is 17.7 Å². The summed E-state index contributed by atoms with van der Waals surface area (Å²) in [5, 5.41) is 0. The van der Waals surface area contributed by atoms with Gasteiger partial charge in [0.1, 0.15) is 5.82 Å². The van der Waals surface area contributed by atoms with E-state index in [0.717, 1.165) is 4.31 Å². The molecule has 0 radical (unpaired) electrons. The Balaban J connectivity index is 2.36. The Kier molecular flexibility index (Phi) is 3.78. The predicted molar refractivity (Wildman–Crippen MR) is 75.9 cm³/mol. The highest BCUT2D eigenvalue weighted by Gasteiger charge is 2.59. The van der Waals surface area contributed by atoms with Crippen LogP contribution in [0.5, 0.6) is 0 Å². The lowest BCUT2D eigenvalue weighted by molar-refractivity contribution is -0.132. The van der Waals surface area contributed by atoms with E-state index in [1.54, 1.807) is 0 Å². The standard InChI is InChI=1S/C14H15FN2O3S/c1-14(2)13(18)17(21(14,19)20)9-11-5-6-12(15)8-10(11)4-3-7-16/h5-6,8H,7,9,16H2,1-2H3. The summed E-state index contributed by atoms with van der Waals surface area (Å²) in [7, 11) is -3.68. The molecule has 112 valence electrons. The summed E-state index contributed by atoms with van der Waals surface area (Å²) in [6.07, 6.45) is 0. The van der Waals surface area contributed by atoms with Crippen molar-refractivity contribution in [3.63, 3.8) is 0 Å². The summed E-state index contributed by atoms with van der Waals surface area (Å²) in [5.74, 6) is 4.30. The second-order valence-corrected chi connectivity index (χ2v) is 7.55. The van der Waals surface area contributed by atoms with Crippen molar-refractivity contribution in [1.82, 2.24) is 4.31 Å². The first-order valence-corrected chi connectivity index (χ1v) is 7.70. The molecule has 1 saturated heterocycles. The Morgan fingerprint density at radius 2 is 2.05 bits per heavy atom. The van der Waals surface area contributed by atoms with Crippen LogP contribution in [0.3, 0.4) is 0 Å². The third-order valence-corrected chi connectivity index (χ3v) is 5.73. The van der Waals surface area contributed by atoms with E-state index in [0.29, 0.717) is 11.1 Å². The van der Waals surface area contributed by atoms with Crippen molar-refractivity contribution < 1.29 is 17.6 Å². The van der Waals surface area contributed by atoms with Gasteiger partial charge in [-0.15, -0.1) is 0 Å². The molecule has 1 aliphatic heterocycles. The van der Waals surface area contributed by atoms with Crippen molar-refractivity contribution >= 4 is 15.9 Å². The fourth-order valence-corrected chi connectivity index (χ4v) is 3.52. The molecule has 21 heavy (non-hydrogen) atoms. The van der Waals surface area contributed by atoms with E-state index >= 15 is 0 Å². The van der Waals surface area contributed by atoms with Gasteiger partial charge in [0, 0.05) is 5.56 Å². The minimum absolute atomic E-state index is 0.101. The SMILES string of the molecule is CC1(C)C(=O)N(Cc2ccc(F)cc2C#CCN)S1(=O)=O. The van der Waals surface area contributed by atoms with E-state index in [2.05, 4.69) is 11.8 Å². The maximum absolute atomic E-state index is 13.3. The normalized spacial score (nSPS) is 18.7. The minimum atomic E-state index is -3.68. The lowest BCUT2D eigenvalue weighted by atomic mass is 10.1. The van der Waals surface area contributed by atoms with E-state index < -0.39 is 26.5 Å². The van der Waals surface area contributed by atoms with E-state index in [9.17, 15) is 17.6 Å². The van der Waals surface area contributed by atoms with Crippen LogP contribution in [0.25, 0.3) is 0 Å². The number of hydrogen-bond acceptors (Lipinski definition) is 4. The monoisotopic (exact) mass is 310 g/mol. The van der Waals surface area contributed by atoms with E-state index in [1.165, 1.54) is 32.0 Å². The van der Waals surface area contributed by atoms with Crippen LogP contribution in [0.1, 0.15) is 25.0 Å². The molecule has 0 unspecified atom stereocenters. The molecule has 7 heteroatoms. The largest absolute Gasteiger partial charge is 0.320 e. The molecule has 0 saturated carbocycles. The molecule has 1 amide bonds. The first-order valence-electron chi connectivity index (χ1n) is 6.26. The number of sulfonamides is 1. The summed E-state index contributed by atoms with van der Waals surface area (Å²) in [5.41, 5.74) is 6.07. The van der Waals surface area contributed by atoms with Crippen LogP contribution in [0.2, 0.25) is 0 Å². The van der Waals surface area contributed by atoms with Crippen LogP contribution >= 0.6 is 0 Å². The molecule has 1 aromatic rings. The second kappa shape index (κ2) is 5.13. The van der Waals surface area contributed by atoms with Crippen molar-refractivity contribution in [1.29, 1.82) is 0 Å². The number of carbonyl (C=O) groups is 1. The Bertz CT molecular complexity index is 760. The number of amides is 1. The highest BCUT2D eigenvalue weighted by molar-refractivity contribution is 7.94. The summed E-state index contributed by atoms with van der Waals surface area (Å²) in [6, 6.07) is 3.81. The maximum Gasteiger partial charge on any atom is 0.259 e. The van der Waals surface area contributed by atoms with Crippen LogP contribution in [-0.2, 0) is 21.4 Å². The summed E-state index contributed by atoms with van der Waals surface area (Å²) in [4.78, 5) is 11.9. The fraction of sp³-hybridized carbons (Fsp3) is 0.357. The molecular weight excluding hydrogens is 295 g/mol. The number of benzene rings is 1. The first-order chi connectivity index (χ1) is 9.71. The third kappa shape index (κ3) is 2.41. The van der Waals surface area contributed by atoms with Crippen molar-refractivity contribution in [2.75, 3.05) is 6.54 Å². The molecule has 1 aliphatic rings. The number of nitrogens with zero attached hydrogens (tertiary/aromatic N) is 1. The van der Waals surface area contributed by atoms with Gasteiger partial charge in [-0.05, 0) is 31.5 Å². The molecule has 0 bridgehead atoms. The van der Waals surface area contributed by atoms with Crippen LogP contribution in [0.4, 0.5) is 4.39 Å². The van der Waals surface area contributed by atoms with Crippen molar-refractivity contribution in [2.45, 2.75) is 25.1 Å². The number of rotatable bonds is 2. The number of halogens is 1. The predicted octanol–water partition coefficient (Wildman–Crippen LogP) is 0.587. The van der Waals surface area contributed by atoms with Gasteiger partial charge in [-0.3, -0.25) is 4.79 Å². The molecule has 0 spiro atoms. The molecule has 1 fully saturated rings. The van der Waals surface area contributed by atoms with Crippen LogP contribution in [-0.4, -0.2) is 29.9 Å². The first kappa shape index (κ1) is 15.5. The summed E-state index contributed by atoms with van der Waals surface area (Å²) in [6.45, 7) is 2.67. The Morgan fingerprint density at radius 1 is 1.38 bits per heavy atom. The smallest absolute Gasteiger partial charge is 0.259 e. The summed E-state index contributed by atoms with van der Waals surface area (Å²) < 4.78 is 36.7. The van der Waals surface area contributed by atoms with Crippen LogP contribution in [0.15, 0.2) is 18.2 Å². The molecular formula is C14H15FN2O3S. The number of hydrogen-bond donors (Lipinski definition) is 1. The van der Waals surface area contributed by atoms with Crippen molar-refractivity contribution in [2.24, 2.45) is 5.73 Å². The molecule has 0 aromatic heterocycles. The molecule has 1 aromatic carbocycles. The number of carbonyl (C=O) groups excluding carboxylic acids is 1. The van der Waals surface area contributed by atoms with Gasteiger partial charge in [0.25, 0.3) is 15.9 Å². The zero-order valence-electron chi connectivity index (χ0n) is 11.7. The van der Waals surface area contributed by atoms with E-state index in [1.807, 2.05) is 0 Å². The van der Waals surface area contributed by atoms with Gasteiger partial charge >= 0.3 is 0 Å². The highest BCUT2D eigenvalue weighted by atomic mass is 32.2. The molecule has 2 N–H and O–H groups in total. The lowest BCUT2D eigenvalue weighted by Crippen LogP contribution is -2.66. The van der Waals surface area contributed by atoms with E-state index in [4.69, 9.17) is 5.73 Å². The molecule has 1 heterocycles. The van der Waals surface area contributed by atoms with Gasteiger partial charge < -0.3 is 5.73 Å². The lowest BCUT2D eigenvalue weighted by Gasteiger charge is -2.43. The van der Waals surface area contributed by atoms with E-state index in [-0.39, 0.29) is 13.1 Å². The molecule has 0 atom stereocenters. The van der Waals surface area contributed by atoms with Gasteiger partial charge in [-0.2, -0.15) is 0 Å². The van der Waals surface area contributed by atoms with Gasteiger partial charge in [0.2, 0.25) is 0 Å². The topological polar surface area (TPSA) is 80.5 Å². The maximum atomic E-state index is 13.3. The average Bonchev–Trinajstić information content (AvgIpc) is 2.42.